The highest BCUT2D eigenvalue weighted by Crippen LogP contribution is 2.16. The number of phenols is 1. The third-order valence-electron chi connectivity index (χ3n) is 3.23. The van der Waals surface area contributed by atoms with Gasteiger partial charge in [0.05, 0.1) is 0 Å². The van der Waals surface area contributed by atoms with E-state index in [1.165, 1.54) is 12.1 Å². The number of hydrogen-bond donors (Lipinski definition) is 2. The molecule has 1 aliphatic rings. The summed E-state index contributed by atoms with van der Waals surface area (Å²) in [5, 5.41) is 11.9. The van der Waals surface area contributed by atoms with Crippen molar-refractivity contribution < 1.29 is 19.4 Å². The Morgan fingerprint density at radius 3 is 2.48 bits per heavy atom. The van der Waals surface area contributed by atoms with Crippen LogP contribution in [0.25, 0.3) is 0 Å². The number of urea groups is 1. The average Bonchev–Trinajstić information content (AvgIpc) is 2.49. The second-order valence-corrected chi connectivity index (χ2v) is 4.83. The number of ether oxygens (including phenoxy) is 1. The summed E-state index contributed by atoms with van der Waals surface area (Å²) in [7, 11) is 0. The second-order valence-electron chi connectivity index (χ2n) is 4.83. The van der Waals surface area contributed by atoms with Gasteiger partial charge in [-0.15, -0.1) is 0 Å². The van der Waals surface area contributed by atoms with Crippen molar-refractivity contribution in [3.05, 3.63) is 24.3 Å². The molecule has 3 amide bonds. The molecule has 0 aliphatic carbocycles. The second kappa shape index (κ2) is 6.83. The number of nitrogens with one attached hydrogen (secondary N) is 1. The zero-order valence-corrected chi connectivity index (χ0v) is 11.9. The first-order valence-corrected chi connectivity index (χ1v) is 6.79. The molecule has 7 heteroatoms. The first kappa shape index (κ1) is 15.0. The van der Waals surface area contributed by atoms with Gasteiger partial charge in [0, 0.05) is 26.2 Å². The van der Waals surface area contributed by atoms with E-state index >= 15 is 0 Å². The molecule has 0 bridgehead atoms. The molecule has 2 rings (SSSR count). The number of piperazine rings is 1. The van der Waals surface area contributed by atoms with E-state index in [0.717, 1.165) is 6.41 Å². The highest BCUT2D eigenvalue weighted by atomic mass is 16.5. The minimum atomic E-state index is -0.494. The molecule has 1 heterocycles. The summed E-state index contributed by atoms with van der Waals surface area (Å²) in [6, 6.07) is 6.07. The van der Waals surface area contributed by atoms with Crippen LogP contribution in [0.4, 0.5) is 4.79 Å². The molecule has 1 unspecified atom stereocenters. The Balaban J connectivity index is 1.79. The number of carbonyl (C=O) groups excluding carboxylic acids is 2. The fraction of sp³-hybridized carbons (Fsp3) is 0.429. The number of rotatable bonds is 4. The zero-order chi connectivity index (χ0) is 15.2. The Labute approximate surface area is 123 Å². The molecule has 1 atom stereocenters. The van der Waals surface area contributed by atoms with Gasteiger partial charge in [0.25, 0.3) is 0 Å². The number of carbonyl (C=O) groups is 2. The lowest BCUT2D eigenvalue weighted by Crippen LogP contribution is -2.53. The van der Waals surface area contributed by atoms with Crippen molar-refractivity contribution in [2.45, 2.75) is 13.2 Å². The van der Waals surface area contributed by atoms with Crippen molar-refractivity contribution in [2.24, 2.45) is 0 Å². The molecule has 21 heavy (non-hydrogen) atoms. The highest BCUT2D eigenvalue weighted by Gasteiger charge is 2.21. The van der Waals surface area contributed by atoms with Gasteiger partial charge in [-0.05, 0) is 31.2 Å². The Morgan fingerprint density at radius 2 is 1.90 bits per heavy atom. The minimum absolute atomic E-state index is 0.159. The molecule has 2 N–H and O–H groups in total. The van der Waals surface area contributed by atoms with Crippen molar-refractivity contribution in [1.82, 2.24) is 15.1 Å². The SMILES string of the molecule is CC(NC(=O)N1CCN(C=O)CC1)Oc1ccc(O)cc1. The monoisotopic (exact) mass is 293 g/mol. The van der Waals surface area contributed by atoms with Gasteiger partial charge in [-0.1, -0.05) is 0 Å². The number of phenolic OH excluding ortho intramolecular Hbond substituents is 1. The van der Waals surface area contributed by atoms with E-state index in [1.54, 1.807) is 28.9 Å². The van der Waals surface area contributed by atoms with Gasteiger partial charge in [0.2, 0.25) is 6.41 Å². The quantitative estimate of drug-likeness (QED) is 0.629. The Hall–Kier alpha value is -2.44. The van der Waals surface area contributed by atoms with E-state index in [4.69, 9.17) is 4.74 Å². The minimum Gasteiger partial charge on any atom is -0.508 e. The summed E-state index contributed by atoms with van der Waals surface area (Å²) in [5.74, 6) is 0.721. The first-order valence-electron chi connectivity index (χ1n) is 6.79. The molecule has 0 aromatic heterocycles. The lowest BCUT2D eigenvalue weighted by atomic mass is 10.3. The van der Waals surface area contributed by atoms with Crippen LogP contribution < -0.4 is 10.1 Å². The summed E-state index contributed by atoms with van der Waals surface area (Å²) in [5.41, 5.74) is 0. The fourth-order valence-electron chi connectivity index (χ4n) is 2.05. The van der Waals surface area contributed by atoms with Gasteiger partial charge in [-0.25, -0.2) is 4.79 Å². The largest absolute Gasteiger partial charge is 0.508 e. The van der Waals surface area contributed by atoms with Crippen molar-refractivity contribution in [3.8, 4) is 11.5 Å². The van der Waals surface area contributed by atoms with Gasteiger partial charge >= 0.3 is 6.03 Å². The van der Waals surface area contributed by atoms with Crippen LogP contribution in [-0.2, 0) is 4.79 Å². The summed E-state index contributed by atoms with van der Waals surface area (Å²) in [4.78, 5) is 25.9. The van der Waals surface area contributed by atoms with Gasteiger partial charge in [-0.3, -0.25) is 4.79 Å². The molecule has 1 fully saturated rings. The van der Waals surface area contributed by atoms with Gasteiger partial charge in [0.1, 0.15) is 11.5 Å². The summed E-state index contributed by atoms with van der Waals surface area (Å²) in [6.07, 6.45) is 0.303. The Morgan fingerprint density at radius 1 is 1.29 bits per heavy atom. The van der Waals surface area contributed by atoms with Crippen molar-refractivity contribution in [2.75, 3.05) is 26.2 Å². The lowest BCUT2D eigenvalue weighted by Gasteiger charge is -2.33. The smallest absolute Gasteiger partial charge is 0.320 e. The molecule has 1 saturated heterocycles. The van der Waals surface area contributed by atoms with E-state index in [9.17, 15) is 14.7 Å². The highest BCUT2D eigenvalue weighted by molar-refractivity contribution is 5.74. The third kappa shape index (κ3) is 4.27. The predicted octanol–water partition coefficient (Wildman–Crippen LogP) is 0.601. The molecule has 1 aromatic rings. The van der Waals surface area contributed by atoms with Gasteiger partial charge in [-0.2, -0.15) is 0 Å². The van der Waals surface area contributed by atoms with Crippen LogP contribution in [0.5, 0.6) is 11.5 Å². The summed E-state index contributed by atoms with van der Waals surface area (Å²) >= 11 is 0. The molecular weight excluding hydrogens is 274 g/mol. The number of aromatic hydroxyl groups is 1. The maximum Gasteiger partial charge on any atom is 0.320 e. The molecule has 114 valence electrons. The Bertz CT molecular complexity index is 483. The van der Waals surface area contributed by atoms with Crippen LogP contribution in [-0.4, -0.2) is 59.8 Å². The van der Waals surface area contributed by atoms with Gasteiger partial charge in [0.15, 0.2) is 6.23 Å². The van der Waals surface area contributed by atoms with Gasteiger partial charge < -0.3 is 25.0 Å². The van der Waals surface area contributed by atoms with Crippen LogP contribution in [0.15, 0.2) is 24.3 Å². The van der Waals surface area contributed by atoms with Crippen molar-refractivity contribution >= 4 is 12.4 Å². The van der Waals surface area contributed by atoms with Crippen LogP contribution >= 0.6 is 0 Å². The molecule has 0 saturated carbocycles. The van der Waals surface area contributed by atoms with Crippen LogP contribution in [0.3, 0.4) is 0 Å². The van der Waals surface area contributed by atoms with E-state index in [2.05, 4.69) is 5.32 Å². The van der Waals surface area contributed by atoms with E-state index in [1.807, 2.05) is 0 Å². The van der Waals surface area contributed by atoms with E-state index in [0.29, 0.717) is 31.9 Å². The topological polar surface area (TPSA) is 82.1 Å². The van der Waals surface area contributed by atoms with Crippen molar-refractivity contribution in [3.63, 3.8) is 0 Å². The molecule has 7 nitrogen and oxygen atoms in total. The number of benzene rings is 1. The summed E-state index contributed by atoms with van der Waals surface area (Å²) in [6.45, 7) is 3.84. The fourth-order valence-corrected chi connectivity index (χ4v) is 2.05. The Kier molecular flexibility index (Phi) is 4.86. The molecule has 0 spiro atoms. The van der Waals surface area contributed by atoms with E-state index in [-0.39, 0.29) is 11.8 Å². The molecule has 1 aromatic carbocycles. The maximum atomic E-state index is 12.0. The van der Waals surface area contributed by atoms with Crippen LogP contribution in [0.1, 0.15) is 6.92 Å². The van der Waals surface area contributed by atoms with Crippen LogP contribution in [0.2, 0.25) is 0 Å². The third-order valence-corrected chi connectivity index (χ3v) is 3.23. The number of amides is 3. The normalized spacial score (nSPS) is 16.2. The standard InChI is InChI=1S/C14H19N3O4/c1-11(21-13-4-2-12(19)3-5-13)15-14(20)17-8-6-16(10-18)7-9-17/h2-5,10-11,19H,6-9H2,1H3,(H,15,20). The first-order chi connectivity index (χ1) is 10.1. The summed E-state index contributed by atoms with van der Waals surface area (Å²) < 4.78 is 5.54. The zero-order valence-electron chi connectivity index (χ0n) is 11.9. The van der Waals surface area contributed by atoms with E-state index < -0.39 is 6.23 Å². The molecular formula is C14H19N3O4. The predicted molar refractivity (Wildman–Crippen MR) is 75.9 cm³/mol. The molecule has 1 aliphatic heterocycles. The number of hydrogen-bond acceptors (Lipinski definition) is 4. The maximum absolute atomic E-state index is 12.0. The lowest BCUT2D eigenvalue weighted by molar-refractivity contribution is -0.119. The van der Waals surface area contributed by atoms with Crippen LogP contribution in [0, 0.1) is 0 Å². The average molecular weight is 293 g/mol. The molecule has 0 radical (unpaired) electrons. The van der Waals surface area contributed by atoms with Crippen molar-refractivity contribution in [1.29, 1.82) is 0 Å². The number of nitrogens with zero attached hydrogens (tertiary/aromatic N) is 2.